The maximum atomic E-state index is 12.8. The number of amides is 1. The average molecular weight is 353 g/mol. The number of anilines is 1. The molecular weight excluding hydrogens is 324 g/mol. The number of piperazine rings is 1. The van der Waals surface area contributed by atoms with Crippen molar-refractivity contribution < 1.29 is 4.79 Å². The Balaban J connectivity index is 1.90. The summed E-state index contributed by atoms with van der Waals surface area (Å²) in [5.41, 5.74) is 1.16. The van der Waals surface area contributed by atoms with Crippen molar-refractivity contribution >= 4 is 23.2 Å². The zero-order chi connectivity index (χ0) is 17.7. The molecule has 0 radical (unpaired) electrons. The zero-order valence-electron chi connectivity index (χ0n) is 15.1. The summed E-state index contributed by atoms with van der Waals surface area (Å²) in [5, 5.41) is 3.92. The summed E-state index contributed by atoms with van der Waals surface area (Å²) >= 11 is 5.95. The van der Waals surface area contributed by atoms with Gasteiger partial charge in [-0.15, -0.1) is 0 Å². The van der Waals surface area contributed by atoms with E-state index in [1.807, 2.05) is 36.2 Å². The van der Waals surface area contributed by atoms with Crippen LogP contribution in [0.2, 0.25) is 5.02 Å². The third kappa shape index (κ3) is 4.85. The van der Waals surface area contributed by atoms with E-state index in [0.29, 0.717) is 6.04 Å². The minimum Gasteiger partial charge on any atom is -0.368 e. The van der Waals surface area contributed by atoms with Crippen LogP contribution in [0.25, 0.3) is 0 Å². The number of hydrogen-bond donors (Lipinski definition) is 1. The summed E-state index contributed by atoms with van der Waals surface area (Å²) in [5.74, 6) is 0.195. The van der Waals surface area contributed by atoms with Crippen molar-refractivity contribution in [2.24, 2.45) is 0 Å². The van der Waals surface area contributed by atoms with E-state index in [4.69, 9.17) is 11.6 Å². The number of likely N-dealkylation sites (N-methyl/N-ethyl adjacent to an activating group) is 2. The van der Waals surface area contributed by atoms with Gasteiger partial charge in [-0.2, -0.15) is 0 Å². The lowest BCUT2D eigenvalue weighted by molar-refractivity contribution is -0.134. The van der Waals surface area contributed by atoms with Crippen LogP contribution in [0, 0.1) is 0 Å². The molecule has 0 spiro atoms. The molecule has 0 saturated carbocycles. The fourth-order valence-corrected chi connectivity index (χ4v) is 2.97. The molecule has 24 heavy (non-hydrogen) atoms. The standard InChI is InChI=1S/C18H29ClN4O/c1-14(2)21(4)13-17(20-3)18(24)23-11-9-22(10-12-23)16-7-5-15(19)6-8-16/h5-8,14,17,20H,9-13H2,1-4H3/t17-/m1/s1. The predicted molar refractivity (Wildman–Crippen MR) is 101 cm³/mol. The van der Waals surface area contributed by atoms with Crippen LogP contribution < -0.4 is 10.2 Å². The van der Waals surface area contributed by atoms with E-state index in [9.17, 15) is 4.79 Å². The Labute approximate surface area is 150 Å². The molecule has 1 amide bonds. The van der Waals surface area contributed by atoms with Gasteiger partial charge in [-0.1, -0.05) is 11.6 Å². The number of halogens is 1. The van der Waals surface area contributed by atoms with Crippen LogP contribution in [-0.2, 0) is 4.79 Å². The van der Waals surface area contributed by atoms with Gasteiger partial charge in [-0.3, -0.25) is 4.79 Å². The lowest BCUT2D eigenvalue weighted by atomic mass is 10.2. The Kier molecular flexibility index (Phi) is 6.90. The Hall–Kier alpha value is -1.30. The second-order valence-electron chi connectivity index (χ2n) is 6.66. The highest BCUT2D eigenvalue weighted by Gasteiger charge is 2.27. The molecule has 1 aliphatic heterocycles. The first-order valence-electron chi connectivity index (χ1n) is 8.59. The molecule has 0 unspecified atom stereocenters. The molecule has 1 atom stereocenters. The van der Waals surface area contributed by atoms with Crippen LogP contribution in [-0.4, -0.2) is 74.6 Å². The van der Waals surface area contributed by atoms with Gasteiger partial charge in [0.1, 0.15) is 0 Å². The number of benzene rings is 1. The molecule has 0 bridgehead atoms. The minimum atomic E-state index is -0.153. The molecule has 0 aliphatic carbocycles. The predicted octanol–water partition coefficient (Wildman–Crippen LogP) is 1.92. The first-order chi connectivity index (χ1) is 11.4. The highest BCUT2D eigenvalue weighted by atomic mass is 35.5. The summed E-state index contributed by atoms with van der Waals surface area (Å²) in [4.78, 5) is 19.2. The van der Waals surface area contributed by atoms with Crippen molar-refractivity contribution in [3.63, 3.8) is 0 Å². The third-order valence-electron chi connectivity index (χ3n) is 4.78. The lowest BCUT2D eigenvalue weighted by Crippen LogP contribution is -2.56. The molecule has 1 aromatic carbocycles. The average Bonchev–Trinajstić information content (AvgIpc) is 2.59. The van der Waals surface area contributed by atoms with Crippen molar-refractivity contribution in [3.05, 3.63) is 29.3 Å². The van der Waals surface area contributed by atoms with Crippen LogP contribution in [0.3, 0.4) is 0 Å². The number of carbonyl (C=O) groups is 1. The van der Waals surface area contributed by atoms with E-state index < -0.39 is 0 Å². The van der Waals surface area contributed by atoms with Gasteiger partial charge in [0, 0.05) is 49.5 Å². The smallest absolute Gasteiger partial charge is 0.241 e. The molecule has 1 heterocycles. The van der Waals surface area contributed by atoms with Gasteiger partial charge >= 0.3 is 0 Å². The molecular formula is C18H29ClN4O. The highest BCUT2D eigenvalue weighted by molar-refractivity contribution is 6.30. The molecule has 1 fully saturated rings. The fourth-order valence-electron chi connectivity index (χ4n) is 2.85. The number of nitrogens with zero attached hydrogens (tertiary/aromatic N) is 3. The summed E-state index contributed by atoms with van der Waals surface area (Å²) in [6, 6.07) is 8.16. The van der Waals surface area contributed by atoms with E-state index >= 15 is 0 Å². The topological polar surface area (TPSA) is 38.8 Å². The van der Waals surface area contributed by atoms with Gasteiger partial charge < -0.3 is 20.0 Å². The minimum absolute atomic E-state index is 0.153. The summed E-state index contributed by atoms with van der Waals surface area (Å²) < 4.78 is 0. The van der Waals surface area contributed by atoms with Crippen molar-refractivity contribution in [2.75, 3.05) is 51.7 Å². The number of nitrogens with one attached hydrogen (secondary N) is 1. The summed E-state index contributed by atoms with van der Waals surface area (Å²) in [6.45, 7) is 8.22. The first-order valence-corrected chi connectivity index (χ1v) is 8.97. The monoisotopic (exact) mass is 352 g/mol. The van der Waals surface area contributed by atoms with Gasteiger partial charge in [0.2, 0.25) is 5.91 Å². The summed E-state index contributed by atoms with van der Waals surface area (Å²) in [7, 11) is 3.92. The maximum Gasteiger partial charge on any atom is 0.241 e. The maximum absolute atomic E-state index is 12.8. The molecule has 2 rings (SSSR count). The van der Waals surface area contributed by atoms with Crippen LogP contribution in [0.4, 0.5) is 5.69 Å². The second kappa shape index (κ2) is 8.70. The van der Waals surface area contributed by atoms with Crippen molar-refractivity contribution in [2.45, 2.75) is 25.9 Å². The zero-order valence-corrected chi connectivity index (χ0v) is 15.9. The molecule has 6 heteroatoms. The largest absolute Gasteiger partial charge is 0.368 e. The highest BCUT2D eigenvalue weighted by Crippen LogP contribution is 2.19. The van der Waals surface area contributed by atoms with Crippen LogP contribution in [0.1, 0.15) is 13.8 Å². The van der Waals surface area contributed by atoms with Crippen LogP contribution in [0.15, 0.2) is 24.3 Å². The first kappa shape index (κ1) is 19.0. The Morgan fingerprint density at radius 1 is 1.21 bits per heavy atom. The van der Waals surface area contributed by atoms with Crippen molar-refractivity contribution in [1.29, 1.82) is 0 Å². The quantitative estimate of drug-likeness (QED) is 0.849. The summed E-state index contributed by atoms with van der Waals surface area (Å²) in [6.07, 6.45) is 0. The SMILES string of the molecule is CN[C@H](CN(C)C(C)C)C(=O)N1CCN(c2ccc(Cl)cc2)CC1. The lowest BCUT2D eigenvalue weighted by Gasteiger charge is -2.38. The van der Waals surface area contributed by atoms with E-state index in [0.717, 1.165) is 43.4 Å². The van der Waals surface area contributed by atoms with E-state index in [1.54, 1.807) is 0 Å². The molecule has 0 aromatic heterocycles. The molecule has 5 nitrogen and oxygen atoms in total. The molecule has 134 valence electrons. The fraction of sp³-hybridized carbons (Fsp3) is 0.611. The van der Waals surface area contributed by atoms with E-state index in [1.165, 1.54) is 0 Å². The number of rotatable bonds is 6. The van der Waals surface area contributed by atoms with E-state index in [2.05, 4.69) is 36.0 Å². The second-order valence-corrected chi connectivity index (χ2v) is 7.10. The van der Waals surface area contributed by atoms with Crippen LogP contribution in [0.5, 0.6) is 0 Å². The normalized spacial score (nSPS) is 16.8. The molecule has 1 N–H and O–H groups in total. The molecule has 1 aliphatic rings. The molecule has 1 saturated heterocycles. The third-order valence-corrected chi connectivity index (χ3v) is 5.03. The van der Waals surface area contributed by atoms with Crippen LogP contribution >= 0.6 is 11.6 Å². The van der Waals surface area contributed by atoms with Crippen molar-refractivity contribution in [1.82, 2.24) is 15.1 Å². The van der Waals surface area contributed by atoms with Crippen molar-refractivity contribution in [3.8, 4) is 0 Å². The van der Waals surface area contributed by atoms with Gasteiger partial charge in [-0.05, 0) is 52.2 Å². The number of carbonyl (C=O) groups excluding carboxylic acids is 1. The van der Waals surface area contributed by atoms with Gasteiger partial charge in [-0.25, -0.2) is 0 Å². The Morgan fingerprint density at radius 3 is 2.29 bits per heavy atom. The van der Waals surface area contributed by atoms with Gasteiger partial charge in [0.15, 0.2) is 0 Å². The van der Waals surface area contributed by atoms with Gasteiger partial charge in [0.25, 0.3) is 0 Å². The Morgan fingerprint density at radius 2 is 1.79 bits per heavy atom. The molecule has 1 aromatic rings. The number of hydrogen-bond acceptors (Lipinski definition) is 4. The van der Waals surface area contributed by atoms with Gasteiger partial charge in [0.05, 0.1) is 6.04 Å². The Bertz CT molecular complexity index is 526. The van der Waals surface area contributed by atoms with E-state index in [-0.39, 0.29) is 11.9 Å².